The van der Waals surface area contributed by atoms with Gasteiger partial charge in [-0.3, -0.25) is 0 Å². The van der Waals surface area contributed by atoms with E-state index in [4.69, 9.17) is 7.80 Å². The molecular weight excluding hydrogens is 327 g/mol. The van der Waals surface area contributed by atoms with Crippen LogP contribution in [0.15, 0.2) is 11.8 Å². The number of methoxy groups -OCH3 is 1. The van der Waals surface area contributed by atoms with Crippen LogP contribution in [-0.4, -0.2) is 13.7 Å². The molecule has 17 heavy (non-hydrogen) atoms. The Labute approximate surface area is 119 Å². The van der Waals surface area contributed by atoms with E-state index in [1.807, 2.05) is 30.1 Å². The Morgan fingerprint density at radius 1 is 1.18 bits per heavy atom. The molecule has 1 fully saturated rings. The first-order chi connectivity index (χ1) is 8.33. The van der Waals surface area contributed by atoms with E-state index in [1.54, 1.807) is 0 Å². The summed E-state index contributed by atoms with van der Waals surface area (Å²) in [4.78, 5) is 0. The number of hydrogen-bond donors (Lipinski definition) is 0. The van der Waals surface area contributed by atoms with E-state index in [0.717, 1.165) is 30.8 Å². The van der Waals surface area contributed by atoms with Crippen molar-refractivity contribution in [2.24, 2.45) is 17.8 Å². The third-order valence-corrected chi connectivity index (χ3v) is 5.04. The van der Waals surface area contributed by atoms with E-state index in [1.165, 1.54) is 44.3 Å². The molecule has 2 aliphatic rings. The summed E-state index contributed by atoms with van der Waals surface area (Å²) in [7, 11) is 1.82. The largest absolute Gasteiger partial charge is 0.433 e. The topological polar surface area (TPSA) is 18.5 Å². The smallest absolute Gasteiger partial charge is 0.192 e. The third kappa shape index (κ3) is 3.85. The minimum Gasteiger partial charge on any atom is -0.433 e. The van der Waals surface area contributed by atoms with Crippen molar-refractivity contribution in [2.45, 2.75) is 44.9 Å². The summed E-state index contributed by atoms with van der Waals surface area (Å²) < 4.78 is 10.6. The van der Waals surface area contributed by atoms with E-state index >= 15 is 0 Å². The molecule has 0 aliphatic heterocycles. The van der Waals surface area contributed by atoms with Gasteiger partial charge in [0, 0.05) is 20.1 Å². The Bertz CT molecular complexity index is 257. The molecule has 0 heterocycles. The molecule has 1 unspecified atom stereocenters. The van der Waals surface area contributed by atoms with Crippen molar-refractivity contribution in [3.63, 3.8) is 0 Å². The standard InChI is InChI=1S/C14H23IO2/c1-16-10-11-2-4-12(5-3-11)13-6-8-14(17-15)9-7-13/h8,11-13H,2-7,9-10H2,1H3. The van der Waals surface area contributed by atoms with Crippen LogP contribution in [0, 0.1) is 17.8 Å². The second-order valence-electron chi connectivity index (χ2n) is 5.52. The van der Waals surface area contributed by atoms with E-state index in [9.17, 15) is 0 Å². The van der Waals surface area contributed by atoms with Crippen LogP contribution >= 0.6 is 23.0 Å². The SMILES string of the molecule is COCC1CCC(C2CC=C(OI)CC2)CC1. The number of halogens is 1. The maximum atomic E-state index is 5.29. The molecule has 2 rings (SSSR count). The van der Waals surface area contributed by atoms with Crippen molar-refractivity contribution in [1.29, 1.82) is 0 Å². The highest BCUT2D eigenvalue weighted by Crippen LogP contribution is 2.39. The second-order valence-corrected chi connectivity index (χ2v) is 5.96. The van der Waals surface area contributed by atoms with Gasteiger partial charge in [-0.15, -0.1) is 0 Å². The van der Waals surface area contributed by atoms with E-state index < -0.39 is 0 Å². The highest BCUT2D eigenvalue weighted by molar-refractivity contribution is 14.1. The van der Waals surface area contributed by atoms with Crippen LogP contribution in [0.3, 0.4) is 0 Å². The first-order valence-corrected chi connectivity index (χ1v) is 7.68. The summed E-state index contributed by atoms with van der Waals surface area (Å²) in [5.74, 6) is 3.88. The average Bonchev–Trinajstić information content (AvgIpc) is 2.40. The van der Waals surface area contributed by atoms with E-state index in [0.29, 0.717) is 0 Å². The highest BCUT2D eigenvalue weighted by atomic mass is 127. The van der Waals surface area contributed by atoms with Gasteiger partial charge in [0.15, 0.2) is 23.0 Å². The molecule has 3 heteroatoms. The fraction of sp³-hybridized carbons (Fsp3) is 0.857. The maximum Gasteiger partial charge on any atom is 0.192 e. The monoisotopic (exact) mass is 350 g/mol. The lowest BCUT2D eigenvalue weighted by Crippen LogP contribution is -2.24. The Hall–Kier alpha value is 0.230. The number of rotatable bonds is 4. The second kappa shape index (κ2) is 6.98. The molecule has 0 spiro atoms. The van der Waals surface area contributed by atoms with Crippen LogP contribution in [0.4, 0.5) is 0 Å². The first kappa shape index (κ1) is 13.7. The Morgan fingerprint density at radius 3 is 2.47 bits per heavy atom. The van der Waals surface area contributed by atoms with E-state index in [-0.39, 0.29) is 0 Å². The molecular formula is C14H23IO2. The molecule has 1 atom stereocenters. The van der Waals surface area contributed by atoms with Gasteiger partial charge in [0.1, 0.15) is 5.76 Å². The quantitative estimate of drug-likeness (QED) is 0.696. The highest BCUT2D eigenvalue weighted by Gasteiger charge is 2.28. The number of allylic oxidation sites excluding steroid dienone is 2. The van der Waals surface area contributed by atoms with Crippen molar-refractivity contribution < 1.29 is 7.80 Å². The Balaban J connectivity index is 1.76. The lowest BCUT2D eigenvalue weighted by molar-refractivity contribution is 0.103. The van der Waals surface area contributed by atoms with Gasteiger partial charge in [-0.05, 0) is 62.4 Å². The van der Waals surface area contributed by atoms with Gasteiger partial charge in [0.25, 0.3) is 0 Å². The zero-order valence-corrected chi connectivity index (χ0v) is 12.8. The lowest BCUT2D eigenvalue weighted by Gasteiger charge is -2.34. The predicted molar refractivity (Wildman–Crippen MR) is 77.9 cm³/mol. The van der Waals surface area contributed by atoms with Crippen LogP contribution in [0.5, 0.6) is 0 Å². The minimum absolute atomic E-state index is 0.823. The van der Waals surface area contributed by atoms with Crippen molar-refractivity contribution in [2.75, 3.05) is 13.7 Å². The Morgan fingerprint density at radius 2 is 1.94 bits per heavy atom. The molecule has 0 aromatic heterocycles. The zero-order valence-electron chi connectivity index (χ0n) is 10.7. The van der Waals surface area contributed by atoms with Crippen LogP contribution in [-0.2, 0) is 7.80 Å². The van der Waals surface area contributed by atoms with Crippen molar-refractivity contribution >= 4 is 23.0 Å². The van der Waals surface area contributed by atoms with Gasteiger partial charge in [-0.25, -0.2) is 0 Å². The predicted octanol–water partition coefficient (Wildman–Crippen LogP) is 4.49. The van der Waals surface area contributed by atoms with Gasteiger partial charge in [0.2, 0.25) is 0 Å². The molecule has 0 aromatic carbocycles. The molecule has 98 valence electrons. The van der Waals surface area contributed by atoms with Crippen LogP contribution < -0.4 is 0 Å². The molecule has 0 aromatic rings. The maximum absolute atomic E-state index is 5.29. The summed E-state index contributed by atoms with van der Waals surface area (Å²) in [5, 5.41) is 0. The van der Waals surface area contributed by atoms with E-state index in [2.05, 4.69) is 6.08 Å². The molecule has 0 N–H and O–H groups in total. The molecule has 1 saturated carbocycles. The van der Waals surface area contributed by atoms with Gasteiger partial charge in [-0.1, -0.05) is 0 Å². The van der Waals surface area contributed by atoms with Crippen LogP contribution in [0.1, 0.15) is 44.9 Å². The fourth-order valence-corrected chi connectivity index (χ4v) is 3.79. The molecule has 0 bridgehead atoms. The van der Waals surface area contributed by atoms with Crippen molar-refractivity contribution in [3.05, 3.63) is 11.8 Å². The minimum atomic E-state index is 0.823. The molecule has 2 aliphatic carbocycles. The molecule has 0 amide bonds. The van der Waals surface area contributed by atoms with Crippen LogP contribution in [0.2, 0.25) is 0 Å². The molecule has 0 saturated heterocycles. The normalized spacial score (nSPS) is 34.2. The first-order valence-electron chi connectivity index (χ1n) is 6.80. The van der Waals surface area contributed by atoms with Crippen molar-refractivity contribution in [1.82, 2.24) is 0 Å². The summed E-state index contributed by atoms with van der Waals surface area (Å²) >= 11 is 2.00. The molecule has 2 nitrogen and oxygen atoms in total. The third-order valence-electron chi connectivity index (χ3n) is 4.47. The average molecular weight is 350 g/mol. The van der Waals surface area contributed by atoms with Crippen molar-refractivity contribution in [3.8, 4) is 0 Å². The van der Waals surface area contributed by atoms with Gasteiger partial charge in [-0.2, -0.15) is 0 Å². The van der Waals surface area contributed by atoms with Crippen LogP contribution in [0.25, 0.3) is 0 Å². The summed E-state index contributed by atoms with van der Waals surface area (Å²) in [6, 6.07) is 0. The van der Waals surface area contributed by atoms with Gasteiger partial charge in [0.05, 0.1) is 0 Å². The summed E-state index contributed by atoms with van der Waals surface area (Å²) in [5.41, 5.74) is 0. The van der Waals surface area contributed by atoms with Gasteiger partial charge < -0.3 is 7.80 Å². The Kier molecular flexibility index (Phi) is 5.60. The molecule has 0 radical (unpaired) electrons. The summed E-state index contributed by atoms with van der Waals surface area (Å²) in [6.07, 6.45) is 11.6. The zero-order chi connectivity index (χ0) is 12.1. The number of ether oxygens (including phenoxy) is 1. The number of hydrogen-bond acceptors (Lipinski definition) is 2. The lowest BCUT2D eigenvalue weighted by atomic mass is 9.72. The summed E-state index contributed by atoms with van der Waals surface area (Å²) in [6.45, 7) is 0.962. The fourth-order valence-electron chi connectivity index (χ4n) is 3.39. The van der Waals surface area contributed by atoms with Gasteiger partial charge >= 0.3 is 0 Å².